The van der Waals surface area contributed by atoms with Crippen LogP contribution in [0.2, 0.25) is 0 Å². The number of hydrogen-bond acceptors (Lipinski definition) is 7. The van der Waals surface area contributed by atoms with E-state index in [9.17, 15) is 13.2 Å². The maximum atomic E-state index is 13.9. The van der Waals surface area contributed by atoms with E-state index in [4.69, 9.17) is 14.7 Å². The first-order chi connectivity index (χ1) is 18.6. The van der Waals surface area contributed by atoms with Crippen LogP contribution in [0.4, 0.5) is 16.3 Å². The molecule has 1 aromatic heterocycles. The zero-order chi connectivity index (χ0) is 27.6. The van der Waals surface area contributed by atoms with E-state index in [1.54, 1.807) is 13.8 Å². The van der Waals surface area contributed by atoms with Crippen molar-refractivity contribution in [1.29, 1.82) is 0 Å². The van der Waals surface area contributed by atoms with Gasteiger partial charge in [-0.25, -0.2) is 23.2 Å². The second-order valence-corrected chi connectivity index (χ2v) is 14.4. The monoisotopic (exact) mass is 555 g/mol. The highest BCUT2D eigenvalue weighted by atomic mass is 32.2. The van der Waals surface area contributed by atoms with Gasteiger partial charge in [-0.3, -0.25) is 0 Å². The number of aromatic nitrogens is 2. The molecule has 212 valence electrons. The molecule has 2 N–H and O–H groups in total. The van der Waals surface area contributed by atoms with Crippen LogP contribution in [0.3, 0.4) is 0 Å². The fraction of sp³-hybridized carbons (Fsp3) is 0.621. The number of carbonyl (C=O) groups is 1. The second kappa shape index (κ2) is 11.4. The Bertz CT molecular complexity index is 1270. The summed E-state index contributed by atoms with van der Waals surface area (Å²) in [6, 6.07) is 9.40. The number of rotatable bonds is 7. The van der Waals surface area contributed by atoms with E-state index in [-0.39, 0.29) is 23.4 Å². The average molecular weight is 556 g/mol. The van der Waals surface area contributed by atoms with Gasteiger partial charge in [0.05, 0.1) is 30.2 Å². The number of urea groups is 1. The lowest BCUT2D eigenvalue weighted by atomic mass is 9.93. The van der Waals surface area contributed by atoms with Gasteiger partial charge in [-0.2, -0.15) is 0 Å². The maximum absolute atomic E-state index is 13.9. The molecule has 2 heterocycles. The summed E-state index contributed by atoms with van der Waals surface area (Å²) in [5.41, 5.74) is 1.94. The third-order valence-electron chi connectivity index (χ3n) is 8.54. The van der Waals surface area contributed by atoms with Crippen molar-refractivity contribution in [3.8, 4) is 11.4 Å². The molecule has 5 rings (SSSR count). The smallest absolute Gasteiger partial charge is 0.319 e. The Labute approximate surface area is 232 Å². The predicted octanol–water partition coefficient (Wildman–Crippen LogP) is 5.03. The van der Waals surface area contributed by atoms with Gasteiger partial charge in [0.25, 0.3) is 0 Å². The Kier molecular flexibility index (Phi) is 8.14. The minimum absolute atomic E-state index is 0.105. The maximum Gasteiger partial charge on any atom is 0.319 e. The van der Waals surface area contributed by atoms with Gasteiger partial charge in [0.1, 0.15) is 10.6 Å². The Balaban J connectivity index is 1.47. The minimum Gasteiger partial charge on any atom is -0.377 e. The lowest BCUT2D eigenvalue weighted by molar-refractivity contribution is 0.0985. The summed E-state index contributed by atoms with van der Waals surface area (Å²) in [5.74, 6) is 1.18. The van der Waals surface area contributed by atoms with Crippen molar-refractivity contribution in [2.75, 3.05) is 30.0 Å². The molecular formula is C29H41N5O4S. The van der Waals surface area contributed by atoms with E-state index in [1.807, 2.05) is 30.3 Å². The molecule has 39 heavy (non-hydrogen) atoms. The Morgan fingerprint density at radius 2 is 1.74 bits per heavy atom. The van der Waals surface area contributed by atoms with Gasteiger partial charge in [0.15, 0.2) is 15.7 Å². The number of nitrogens with one attached hydrogen (secondary N) is 2. The van der Waals surface area contributed by atoms with Crippen LogP contribution in [0.15, 0.2) is 30.3 Å². The largest absolute Gasteiger partial charge is 0.377 e. The fourth-order valence-corrected chi connectivity index (χ4v) is 7.82. The van der Waals surface area contributed by atoms with E-state index < -0.39 is 14.6 Å². The molecule has 2 aromatic rings. The molecule has 10 heteroatoms. The van der Waals surface area contributed by atoms with Gasteiger partial charge in [0, 0.05) is 29.9 Å². The molecule has 1 atom stereocenters. The molecule has 0 bridgehead atoms. The molecule has 0 unspecified atom stereocenters. The van der Waals surface area contributed by atoms with Gasteiger partial charge in [0.2, 0.25) is 0 Å². The lowest BCUT2D eigenvalue weighted by Gasteiger charge is -2.36. The predicted molar refractivity (Wildman–Crippen MR) is 154 cm³/mol. The average Bonchev–Trinajstić information content (AvgIpc) is 2.91. The highest BCUT2D eigenvalue weighted by molar-refractivity contribution is 7.92. The van der Waals surface area contributed by atoms with Gasteiger partial charge >= 0.3 is 6.03 Å². The molecule has 1 aliphatic heterocycles. The van der Waals surface area contributed by atoms with Crippen molar-refractivity contribution in [2.45, 2.75) is 94.2 Å². The van der Waals surface area contributed by atoms with Crippen LogP contribution in [0, 0.1) is 0 Å². The van der Waals surface area contributed by atoms with Crippen LogP contribution in [0.5, 0.6) is 0 Å². The zero-order valence-corrected chi connectivity index (χ0v) is 24.1. The number of sulfone groups is 1. The quantitative estimate of drug-likeness (QED) is 0.493. The van der Waals surface area contributed by atoms with Crippen molar-refractivity contribution in [3.63, 3.8) is 0 Å². The summed E-state index contributed by atoms with van der Waals surface area (Å²) in [6.45, 7) is 7.49. The fourth-order valence-electron chi connectivity index (χ4n) is 5.63. The third-order valence-corrected chi connectivity index (χ3v) is 11.5. The number of hydrogen-bond donors (Lipinski definition) is 2. The number of amides is 2. The molecule has 2 saturated carbocycles. The summed E-state index contributed by atoms with van der Waals surface area (Å²) < 4.78 is 32.3. The summed E-state index contributed by atoms with van der Waals surface area (Å²) in [7, 11) is -3.49. The molecule has 2 amide bonds. The molecule has 1 saturated heterocycles. The SMILES string of the molecule is C[C@H]1COCCN1c1cc(C(C)(C)S(=O)(=O)C2CCCCC2)nc(-c2ccc(NC(=O)NC3CCC3)cc2)n1. The van der Waals surface area contributed by atoms with E-state index >= 15 is 0 Å². The van der Waals surface area contributed by atoms with Gasteiger partial charge in [-0.1, -0.05) is 19.3 Å². The molecular weight excluding hydrogens is 514 g/mol. The van der Waals surface area contributed by atoms with Crippen LogP contribution < -0.4 is 15.5 Å². The number of morpholine rings is 1. The highest BCUT2D eigenvalue weighted by Gasteiger charge is 2.44. The topological polar surface area (TPSA) is 114 Å². The highest BCUT2D eigenvalue weighted by Crippen LogP contribution is 2.39. The van der Waals surface area contributed by atoms with Crippen LogP contribution >= 0.6 is 0 Å². The zero-order valence-electron chi connectivity index (χ0n) is 23.3. The summed E-state index contributed by atoms with van der Waals surface area (Å²) in [6.07, 6.45) is 7.61. The first-order valence-corrected chi connectivity index (χ1v) is 15.8. The number of nitrogens with zero attached hydrogens (tertiary/aromatic N) is 3. The van der Waals surface area contributed by atoms with E-state index in [0.717, 1.165) is 44.1 Å². The first-order valence-electron chi connectivity index (χ1n) is 14.3. The summed E-state index contributed by atoms with van der Waals surface area (Å²) in [5, 5.41) is 5.52. The first kappa shape index (κ1) is 27.8. The molecule has 1 aromatic carbocycles. The Hall–Kier alpha value is -2.72. The molecule has 3 fully saturated rings. The summed E-state index contributed by atoms with van der Waals surface area (Å²) in [4.78, 5) is 24.2. The van der Waals surface area contributed by atoms with Crippen molar-refractivity contribution in [3.05, 3.63) is 36.0 Å². The van der Waals surface area contributed by atoms with Crippen LogP contribution in [0.25, 0.3) is 11.4 Å². The molecule has 3 aliphatic rings. The number of benzene rings is 1. The third kappa shape index (κ3) is 5.91. The minimum atomic E-state index is -3.49. The van der Waals surface area contributed by atoms with Gasteiger partial charge in [-0.05, 0) is 77.1 Å². The Morgan fingerprint density at radius 1 is 1.03 bits per heavy atom. The van der Waals surface area contributed by atoms with E-state index in [0.29, 0.717) is 55.6 Å². The van der Waals surface area contributed by atoms with Crippen LogP contribution in [-0.4, -0.2) is 61.5 Å². The molecule has 2 aliphatic carbocycles. The second-order valence-electron chi connectivity index (χ2n) is 11.7. The lowest BCUT2D eigenvalue weighted by Crippen LogP contribution is -2.44. The number of carbonyl (C=O) groups excluding carboxylic acids is 1. The Morgan fingerprint density at radius 3 is 2.38 bits per heavy atom. The standard InChI is InChI=1S/C29H41N5O4S/c1-20-19-38-17-16-34(20)26-18-25(29(2,3)39(36,37)24-10-5-4-6-11-24)32-27(33-26)21-12-14-23(15-13-21)31-28(35)30-22-8-7-9-22/h12-15,18,20,22,24H,4-11,16-17,19H2,1-3H3,(H2,30,31,35)/t20-/m0/s1. The van der Waals surface area contributed by atoms with Crippen molar-refractivity contribution < 1.29 is 17.9 Å². The van der Waals surface area contributed by atoms with Crippen molar-refractivity contribution in [2.24, 2.45) is 0 Å². The van der Waals surface area contributed by atoms with Crippen LogP contribution in [-0.2, 0) is 19.3 Å². The van der Waals surface area contributed by atoms with E-state index in [1.165, 1.54) is 0 Å². The van der Waals surface area contributed by atoms with Crippen LogP contribution in [0.1, 0.15) is 77.8 Å². The molecule has 0 spiro atoms. The van der Waals surface area contributed by atoms with Gasteiger partial charge < -0.3 is 20.3 Å². The molecule has 9 nitrogen and oxygen atoms in total. The molecule has 0 radical (unpaired) electrons. The van der Waals surface area contributed by atoms with Gasteiger partial charge in [-0.15, -0.1) is 0 Å². The number of ether oxygens (including phenoxy) is 1. The van der Waals surface area contributed by atoms with Crippen molar-refractivity contribution in [1.82, 2.24) is 15.3 Å². The van der Waals surface area contributed by atoms with Crippen molar-refractivity contribution >= 4 is 27.4 Å². The normalized spacial score (nSPS) is 21.3. The number of anilines is 2. The van der Waals surface area contributed by atoms with E-state index in [2.05, 4.69) is 22.5 Å². The summed E-state index contributed by atoms with van der Waals surface area (Å²) >= 11 is 0.